The van der Waals surface area contributed by atoms with Crippen LogP contribution in [0.4, 0.5) is 20.2 Å². The highest BCUT2D eigenvalue weighted by Gasteiger charge is 2.39. The smallest absolute Gasteiger partial charge is 0.249 e. The summed E-state index contributed by atoms with van der Waals surface area (Å²) >= 11 is 0. The van der Waals surface area contributed by atoms with Crippen molar-refractivity contribution in [3.8, 4) is 0 Å². The van der Waals surface area contributed by atoms with Crippen molar-refractivity contribution in [2.75, 3.05) is 56.0 Å². The lowest BCUT2D eigenvalue weighted by molar-refractivity contribution is -0.139. The first-order valence-electron chi connectivity index (χ1n) is 14.1. The van der Waals surface area contributed by atoms with Crippen LogP contribution in [0.15, 0.2) is 18.2 Å². The zero-order valence-electron chi connectivity index (χ0n) is 22.0. The van der Waals surface area contributed by atoms with Gasteiger partial charge in [0.25, 0.3) is 0 Å². The number of nitrogens with one attached hydrogen (secondary N) is 2. The number of anilines is 2. The molecule has 1 unspecified atom stereocenters. The van der Waals surface area contributed by atoms with Crippen LogP contribution in [0.2, 0.25) is 0 Å². The molecule has 10 heteroatoms. The molecule has 0 spiro atoms. The number of carbonyl (C=O) groups is 3. The van der Waals surface area contributed by atoms with Crippen molar-refractivity contribution >= 4 is 29.1 Å². The molecular formula is C28H39F2N5O3. The normalized spacial score (nSPS) is 25.3. The summed E-state index contributed by atoms with van der Waals surface area (Å²) in [7, 11) is 0. The number of imide groups is 1. The fourth-order valence-corrected chi connectivity index (χ4v) is 6.33. The first-order valence-corrected chi connectivity index (χ1v) is 14.1. The van der Waals surface area contributed by atoms with Crippen LogP contribution in [0.25, 0.3) is 0 Å². The molecule has 1 saturated carbocycles. The van der Waals surface area contributed by atoms with Gasteiger partial charge in [0.1, 0.15) is 17.5 Å². The van der Waals surface area contributed by atoms with Gasteiger partial charge in [-0.25, -0.2) is 8.78 Å². The molecule has 3 aliphatic heterocycles. The predicted octanol–water partition coefficient (Wildman–Crippen LogP) is 3.08. The van der Waals surface area contributed by atoms with Crippen molar-refractivity contribution in [1.29, 1.82) is 0 Å². The molecule has 8 nitrogen and oxygen atoms in total. The van der Waals surface area contributed by atoms with E-state index in [1.165, 1.54) is 12.5 Å². The lowest BCUT2D eigenvalue weighted by atomic mass is 9.86. The Morgan fingerprint density at radius 2 is 1.71 bits per heavy atom. The van der Waals surface area contributed by atoms with Crippen LogP contribution < -0.4 is 15.5 Å². The van der Waals surface area contributed by atoms with E-state index < -0.39 is 17.6 Å². The van der Waals surface area contributed by atoms with Crippen molar-refractivity contribution < 1.29 is 23.2 Å². The van der Waals surface area contributed by atoms with E-state index in [1.54, 1.807) is 12.1 Å². The number of carbonyl (C=O) groups excluding carboxylic acids is 3. The van der Waals surface area contributed by atoms with Gasteiger partial charge in [0.2, 0.25) is 17.7 Å². The Bertz CT molecular complexity index is 1030. The maximum absolute atomic E-state index is 15.7. The number of hydrogen-bond acceptors (Lipinski definition) is 6. The second kappa shape index (κ2) is 11.6. The fraction of sp³-hybridized carbons (Fsp3) is 0.679. The third kappa shape index (κ3) is 6.27. The first-order chi connectivity index (χ1) is 18.3. The zero-order valence-corrected chi connectivity index (χ0v) is 22.0. The van der Waals surface area contributed by atoms with E-state index in [0.29, 0.717) is 76.5 Å². The highest BCUT2D eigenvalue weighted by molar-refractivity contribution is 6.01. The number of piperazine rings is 1. The Morgan fingerprint density at radius 1 is 1.00 bits per heavy atom. The highest BCUT2D eigenvalue weighted by atomic mass is 19.1. The van der Waals surface area contributed by atoms with E-state index in [9.17, 15) is 18.8 Å². The van der Waals surface area contributed by atoms with Gasteiger partial charge in [0, 0.05) is 76.7 Å². The molecule has 2 N–H and O–H groups in total. The quantitative estimate of drug-likeness (QED) is 0.549. The summed E-state index contributed by atoms with van der Waals surface area (Å²) in [6.07, 6.45) is 6.79. The van der Waals surface area contributed by atoms with Crippen LogP contribution in [0, 0.1) is 11.7 Å². The molecule has 4 aliphatic rings. The van der Waals surface area contributed by atoms with E-state index in [-0.39, 0.29) is 30.0 Å². The number of likely N-dealkylation sites (tertiary alicyclic amines) is 1. The lowest BCUT2D eigenvalue weighted by Crippen LogP contribution is -2.54. The van der Waals surface area contributed by atoms with Crippen molar-refractivity contribution in [2.45, 2.75) is 69.5 Å². The molecular weight excluding hydrogens is 492 g/mol. The Morgan fingerprint density at radius 3 is 2.37 bits per heavy atom. The van der Waals surface area contributed by atoms with Crippen LogP contribution in [0.3, 0.4) is 0 Å². The molecule has 1 atom stereocenters. The average Bonchev–Trinajstić information content (AvgIpc) is 2.91. The van der Waals surface area contributed by atoms with Crippen molar-refractivity contribution in [1.82, 2.24) is 15.1 Å². The summed E-state index contributed by atoms with van der Waals surface area (Å²) in [4.78, 5) is 42.1. The molecule has 3 heterocycles. The van der Waals surface area contributed by atoms with Gasteiger partial charge < -0.3 is 15.1 Å². The maximum Gasteiger partial charge on any atom is 0.249 e. The van der Waals surface area contributed by atoms with Crippen LogP contribution >= 0.6 is 0 Å². The molecule has 208 valence electrons. The number of halogens is 2. The van der Waals surface area contributed by atoms with Gasteiger partial charge in [0.15, 0.2) is 0 Å². The third-order valence-corrected chi connectivity index (χ3v) is 8.67. The summed E-state index contributed by atoms with van der Waals surface area (Å²) in [5.41, 5.74) is -0.310. The molecule has 0 radical (unpaired) electrons. The van der Waals surface area contributed by atoms with E-state index >= 15 is 4.39 Å². The number of alkyl halides is 1. The van der Waals surface area contributed by atoms with Crippen molar-refractivity contribution in [3.63, 3.8) is 0 Å². The fourth-order valence-electron chi connectivity index (χ4n) is 6.33. The molecule has 1 aromatic carbocycles. The standard InChI is InChI=1S/C28H39F2N5O3/c29-22-18-21(31-23-7-9-25(36)32-26(23)37)6-8-24(22)34-16-14-33(15-17-34)19-28(30)10-12-35(13-11-28)27(38)20-4-2-1-3-5-20/h6,8,18,20,23,31H,1-5,7,9-17,19H2,(H,32,36,37). The van der Waals surface area contributed by atoms with Crippen LogP contribution in [0.5, 0.6) is 0 Å². The molecule has 4 fully saturated rings. The summed E-state index contributed by atoms with van der Waals surface area (Å²) in [5.74, 6) is -0.711. The Balaban J connectivity index is 1.08. The van der Waals surface area contributed by atoms with Gasteiger partial charge in [-0.1, -0.05) is 19.3 Å². The molecule has 3 amide bonds. The van der Waals surface area contributed by atoms with Crippen LogP contribution in [0.1, 0.15) is 57.8 Å². The van der Waals surface area contributed by atoms with E-state index in [4.69, 9.17) is 0 Å². The first kappa shape index (κ1) is 26.8. The monoisotopic (exact) mass is 531 g/mol. The molecule has 5 rings (SSSR count). The second-order valence-electron chi connectivity index (χ2n) is 11.4. The number of amides is 3. The summed E-state index contributed by atoms with van der Waals surface area (Å²) < 4.78 is 30.7. The third-order valence-electron chi connectivity index (χ3n) is 8.67. The minimum atomic E-state index is -1.29. The molecule has 0 aromatic heterocycles. The van der Waals surface area contributed by atoms with Gasteiger partial charge in [-0.15, -0.1) is 0 Å². The summed E-state index contributed by atoms with van der Waals surface area (Å²) in [6, 6.07) is 4.26. The molecule has 3 saturated heterocycles. The largest absolute Gasteiger partial charge is 0.374 e. The van der Waals surface area contributed by atoms with Gasteiger partial charge in [0.05, 0.1) is 5.69 Å². The SMILES string of the molecule is O=C1CCC(Nc2ccc(N3CCN(CC4(F)CCN(C(=O)C5CCCCC5)CC4)CC3)c(F)c2)C(=O)N1. The van der Waals surface area contributed by atoms with Crippen molar-refractivity contribution in [2.24, 2.45) is 5.92 Å². The van der Waals surface area contributed by atoms with Crippen LogP contribution in [-0.4, -0.2) is 85.0 Å². The summed E-state index contributed by atoms with van der Waals surface area (Å²) in [6.45, 7) is 3.83. The number of piperidine rings is 2. The van der Waals surface area contributed by atoms with Gasteiger partial charge in [-0.3, -0.25) is 24.6 Å². The number of hydrogen-bond donors (Lipinski definition) is 2. The topological polar surface area (TPSA) is 85.0 Å². The molecule has 38 heavy (non-hydrogen) atoms. The zero-order chi connectivity index (χ0) is 26.7. The Labute approximate surface area is 223 Å². The van der Waals surface area contributed by atoms with E-state index in [2.05, 4.69) is 15.5 Å². The van der Waals surface area contributed by atoms with E-state index in [1.807, 2.05) is 9.80 Å². The Kier molecular flexibility index (Phi) is 8.16. The molecule has 1 aliphatic carbocycles. The number of rotatable bonds is 6. The maximum atomic E-state index is 15.7. The number of nitrogens with zero attached hydrogens (tertiary/aromatic N) is 3. The molecule has 1 aromatic rings. The predicted molar refractivity (Wildman–Crippen MR) is 141 cm³/mol. The van der Waals surface area contributed by atoms with Gasteiger partial charge in [-0.05, 0) is 37.5 Å². The van der Waals surface area contributed by atoms with Gasteiger partial charge in [-0.2, -0.15) is 0 Å². The van der Waals surface area contributed by atoms with Crippen LogP contribution in [-0.2, 0) is 14.4 Å². The second-order valence-corrected chi connectivity index (χ2v) is 11.4. The average molecular weight is 532 g/mol. The minimum Gasteiger partial charge on any atom is -0.374 e. The van der Waals surface area contributed by atoms with Crippen molar-refractivity contribution in [3.05, 3.63) is 24.0 Å². The summed E-state index contributed by atoms with van der Waals surface area (Å²) in [5, 5.41) is 5.30. The highest BCUT2D eigenvalue weighted by Crippen LogP contribution is 2.32. The van der Waals surface area contributed by atoms with E-state index in [0.717, 1.165) is 25.7 Å². The number of benzene rings is 1. The lowest BCUT2D eigenvalue weighted by Gasteiger charge is -2.43. The minimum absolute atomic E-state index is 0.131. The Hall–Kier alpha value is -2.75. The van der Waals surface area contributed by atoms with Gasteiger partial charge >= 0.3 is 0 Å². The molecule has 0 bridgehead atoms.